The lowest BCUT2D eigenvalue weighted by atomic mass is 9.89. The summed E-state index contributed by atoms with van der Waals surface area (Å²) in [5, 5.41) is 2.69. The highest BCUT2D eigenvalue weighted by Gasteiger charge is 2.24. The number of likely N-dealkylation sites (tertiary alicyclic amines) is 1. The summed E-state index contributed by atoms with van der Waals surface area (Å²) >= 11 is 0. The van der Waals surface area contributed by atoms with Crippen molar-refractivity contribution in [1.82, 2.24) is 10.2 Å². The second-order valence-corrected chi connectivity index (χ2v) is 5.74. The van der Waals surface area contributed by atoms with Gasteiger partial charge in [-0.2, -0.15) is 0 Å². The monoisotopic (exact) mass is 255 g/mol. The Kier molecular flexibility index (Phi) is 6.65. The summed E-state index contributed by atoms with van der Waals surface area (Å²) in [6.45, 7) is 7.36. The number of hydrogen-bond donors (Lipinski definition) is 2. The highest BCUT2D eigenvalue weighted by molar-refractivity contribution is 5.76. The molecule has 1 aliphatic rings. The Morgan fingerprint density at radius 1 is 1.39 bits per heavy atom. The summed E-state index contributed by atoms with van der Waals surface area (Å²) in [4.78, 5) is 13.9. The van der Waals surface area contributed by atoms with Crippen molar-refractivity contribution in [3.8, 4) is 0 Å². The van der Waals surface area contributed by atoms with E-state index in [0.29, 0.717) is 13.0 Å². The molecule has 1 aliphatic heterocycles. The van der Waals surface area contributed by atoms with E-state index in [1.54, 1.807) is 7.05 Å². The van der Waals surface area contributed by atoms with Gasteiger partial charge >= 0.3 is 0 Å². The average molecular weight is 255 g/mol. The Morgan fingerprint density at radius 3 is 2.67 bits per heavy atom. The van der Waals surface area contributed by atoms with E-state index in [2.05, 4.69) is 24.1 Å². The van der Waals surface area contributed by atoms with Crippen molar-refractivity contribution in [1.29, 1.82) is 0 Å². The normalized spacial score (nSPS) is 23.7. The van der Waals surface area contributed by atoms with Gasteiger partial charge in [0.2, 0.25) is 5.91 Å². The minimum Gasteiger partial charge on any atom is -0.359 e. The zero-order valence-corrected chi connectivity index (χ0v) is 12.1. The largest absolute Gasteiger partial charge is 0.359 e. The highest BCUT2D eigenvalue weighted by Crippen LogP contribution is 2.25. The van der Waals surface area contributed by atoms with Crippen LogP contribution in [0, 0.1) is 11.8 Å². The molecule has 1 saturated heterocycles. The molecule has 0 spiro atoms. The molecule has 1 amide bonds. The van der Waals surface area contributed by atoms with Crippen LogP contribution in [-0.2, 0) is 4.79 Å². The molecule has 3 N–H and O–H groups in total. The molecule has 4 heteroatoms. The molecule has 0 radical (unpaired) electrons. The van der Waals surface area contributed by atoms with Crippen molar-refractivity contribution in [2.75, 3.05) is 26.7 Å². The lowest BCUT2D eigenvalue weighted by Gasteiger charge is -2.29. The number of nitrogens with one attached hydrogen (secondary N) is 1. The standard InChI is InChI=1S/C14H29N3O/c1-11(2)12-5-4-7-17(8-6-12)13(10-15)9-14(18)16-3/h11-13H,4-10,15H2,1-3H3,(H,16,18). The van der Waals surface area contributed by atoms with Crippen molar-refractivity contribution in [3.05, 3.63) is 0 Å². The van der Waals surface area contributed by atoms with Gasteiger partial charge in [0.15, 0.2) is 0 Å². The van der Waals surface area contributed by atoms with Gasteiger partial charge in [-0.05, 0) is 44.2 Å². The number of carbonyl (C=O) groups excluding carboxylic acids is 1. The fourth-order valence-electron chi connectivity index (χ4n) is 2.85. The first kappa shape index (κ1) is 15.4. The van der Waals surface area contributed by atoms with E-state index in [4.69, 9.17) is 5.73 Å². The van der Waals surface area contributed by atoms with Crippen molar-refractivity contribution in [3.63, 3.8) is 0 Å². The Balaban J connectivity index is 2.51. The van der Waals surface area contributed by atoms with Crippen molar-refractivity contribution < 1.29 is 4.79 Å². The molecule has 0 bridgehead atoms. The first-order valence-electron chi connectivity index (χ1n) is 7.23. The number of carbonyl (C=O) groups is 1. The number of hydrogen-bond acceptors (Lipinski definition) is 3. The van der Waals surface area contributed by atoms with Crippen molar-refractivity contribution in [2.45, 2.75) is 45.6 Å². The second-order valence-electron chi connectivity index (χ2n) is 5.74. The van der Waals surface area contributed by atoms with Crippen LogP contribution in [0.3, 0.4) is 0 Å². The molecule has 0 aromatic rings. The topological polar surface area (TPSA) is 58.4 Å². The maximum absolute atomic E-state index is 11.5. The molecule has 0 aromatic carbocycles. The molecule has 0 saturated carbocycles. The molecule has 0 aromatic heterocycles. The number of nitrogens with two attached hydrogens (primary N) is 1. The molecule has 1 rings (SSSR count). The van der Waals surface area contributed by atoms with Crippen LogP contribution in [0.15, 0.2) is 0 Å². The van der Waals surface area contributed by atoms with Gasteiger partial charge in [-0.1, -0.05) is 13.8 Å². The van der Waals surface area contributed by atoms with Gasteiger partial charge in [0.1, 0.15) is 0 Å². The van der Waals surface area contributed by atoms with Gasteiger partial charge in [0.25, 0.3) is 0 Å². The summed E-state index contributed by atoms with van der Waals surface area (Å²) in [5.41, 5.74) is 5.83. The zero-order chi connectivity index (χ0) is 13.5. The van der Waals surface area contributed by atoms with E-state index < -0.39 is 0 Å². The lowest BCUT2D eigenvalue weighted by Crippen LogP contribution is -2.44. The van der Waals surface area contributed by atoms with Gasteiger partial charge in [-0.3, -0.25) is 9.69 Å². The van der Waals surface area contributed by atoms with Gasteiger partial charge < -0.3 is 11.1 Å². The zero-order valence-electron chi connectivity index (χ0n) is 12.1. The van der Waals surface area contributed by atoms with Crippen LogP contribution < -0.4 is 11.1 Å². The maximum atomic E-state index is 11.5. The quantitative estimate of drug-likeness (QED) is 0.776. The summed E-state index contributed by atoms with van der Waals surface area (Å²) in [5.74, 6) is 1.68. The predicted molar refractivity (Wildman–Crippen MR) is 75.3 cm³/mol. The van der Waals surface area contributed by atoms with E-state index in [-0.39, 0.29) is 11.9 Å². The molecule has 0 aliphatic carbocycles. The minimum absolute atomic E-state index is 0.0927. The van der Waals surface area contributed by atoms with Gasteiger partial charge in [0.05, 0.1) is 0 Å². The number of amides is 1. The Hall–Kier alpha value is -0.610. The van der Waals surface area contributed by atoms with Crippen molar-refractivity contribution in [2.24, 2.45) is 17.6 Å². The lowest BCUT2D eigenvalue weighted by molar-refractivity contribution is -0.121. The smallest absolute Gasteiger partial charge is 0.221 e. The van der Waals surface area contributed by atoms with Gasteiger partial charge in [-0.25, -0.2) is 0 Å². The second kappa shape index (κ2) is 7.74. The van der Waals surface area contributed by atoms with Crippen LogP contribution >= 0.6 is 0 Å². The Morgan fingerprint density at radius 2 is 2.11 bits per heavy atom. The molecular weight excluding hydrogens is 226 g/mol. The van der Waals surface area contributed by atoms with E-state index in [9.17, 15) is 4.79 Å². The van der Waals surface area contributed by atoms with Gasteiger partial charge in [-0.15, -0.1) is 0 Å². The van der Waals surface area contributed by atoms with Crippen LogP contribution in [0.25, 0.3) is 0 Å². The minimum atomic E-state index is 0.0927. The third-order valence-corrected chi connectivity index (χ3v) is 4.24. The third kappa shape index (κ3) is 4.58. The molecule has 4 nitrogen and oxygen atoms in total. The van der Waals surface area contributed by atoms with Crippen LogP contribution in [0.4, 0.5) is 0 Å². The summed E-state index contributed by atoms with van der Waals surface area (Å²) < 4.78 is 0. The summed E-state index contributed by atoms with van der Waals surface area (Å²) in [7, 11) is 1.69. The SMILES string of the molecule is CNC(=O)CC(CN)N1CCCC(C(C)C)CC1. The van der Waals surface area contributed by atoms with Gasteiger partial charge in [0, 0.05) is 26.1 Å². The van der Waals surface area contributed by atoms with Crippen molar-refractivity contribution >= 4 is 5.91 Å². The van der Waals surface area contributed by atoms with Crippen LogP contribution in [-0.4, -0.2) is 43.5 Å². The van der Waals surface area contributed by atoms with Crippen LogP contribution in [0.5, 0.6) is 0 Å². The fourth-order valence-corrected chi connectivity index (χ4v) is 2.85. The van der Waals surface area contributed by atoms with Crippen LogP contribution in [0.2, 0.25) is 0 Å². The van der Waals surface area contributed by atoms with E-state index >= 15 is 0 Å². The fraction of sp³-hybridized carbons (Fsp3) is 0.929. The van der Waals surface area contributed by atoms with E-state index in [0.717, 1.165) is 24.9 Å². The highest BCUT2D eigenvalue weighted by atomic mass is 16.1. The predicted octanol–water partition coefficient (Wildman–Crippen LogP) is 1.21. The molecule has 18 heavy (non-hydrogen) atoms. The maximum Gasteiger partial charge on any atom is 0.221 e. The molecule has 106 valence electrons. The van der Waals surface area contributed by atoms with Crippen LogP contribution in [0.1, 0.15) is 39.5 Å². The van der Waals surface area contributed by atoms with E-state index in [1.807, 2.05) is 0 Å². The average Bonchev–Trinajstić information content (AvgIpc) is 2.61. The van der Waals surface area contributed by atoms with E-state index in [1.165, 1.54) is 19.3 Å². The number of rotatable bonds is 5. The Bertz CT molecular complexity index is 255. The molecule has 2 atom stereocenters. The molecule has 2 unspecified atom stereocenters. The first-order valence-corrected chi connectivity index (χ1v) is 7.23. The summed E-state index contributed by atoms with van der Waals surface area (Å²) in [6, 6.07) is 0.205. The first-order chi connectivity index (χ1) is 8.58. The molecule has 1 heterocycles. The molecule has 1 fully saturated rings. The number of nitrogens with zero attached hydrogens (tertiary/aromatic N) is 1. The third-order valence-electron chi connectivity index (χ3n) is 4.24. The molecular formula is C14H29N3O. The summed E-state index contributed by atoms with van der Waals surface area (Å²) in [6.07, 6.45) is 4.31. The Labute approximate surface area is 111 Å².